The highest BCUT2D eigenvalue weighted by Crippen LogP contribution is 2.16. The number of rotatable bonds is 5. The highest BCUT2D eigenvalue weighted by Gasteiger charge is 2.24. The van der Waals surface area contributed by atoms with Crippen LogP contribution in [0.4, 0.5) is 0 Å². The number of imidazole rings is 1. The van der Waals surface area contributed by atoms with Gasteiger partial charge in [-0.15, -0.1) is 0 Å². The van der Waals surface area contributed by atoms with Crippen LogP contribution in [0, 0.1) is 5.92 Å². The average Bonchev–Trinajstić information content (AvgIpc) is 2.95. The first kappa shape index (κ1) is 15.0. The summed E-state index contributed by atoms with van der Waals surface area (Å²) < 4.78 is 2.15. The molecule has 0 aliphatic carbocycles. The van der Waals surface area contributed by atoms with Gasteiger partial charge in [-0.05, 0) is 44.9 Å². The number of nitrogens with zero attached hydrogens (tertiary/aromatic N) is 2. The molecule has 3 rings (SSSR count). The predicted molar refractivity (Wildman–Crippen MR) is 87.5 cm³/mol. The van der Waals surface area contributed by atoms with Crippen molar-refractivity contribution < 1.29 is 4.79 Å². The van der Waals surface area contributed by atoms with Gasteiger partial charge in [-0.25, -0.2) is 4.98 Å². The number of carbonyl (C=O) groups excluding carboxylic acids is 1. The second-order valence-electron chi connectivity index (χ2n) is 6.15. The third-order valence-corrected chi connectivity index (χ3v) is 4.40. The lowest BCUT2D eigenvalue weighted by Gasteiger charge is -2.27. The topological polar surface area (TPSA) is 59.0 Å². The van der Waals surface area contributed by atoms with Crippen LogP contribution in [0.2, 0.25) is 0 Å². The summed E-state index contributed by atoms with van der Waals surface area (Å²) in [6.45, 7) is 4.69. The average molecular weight is 300 g/mol. The molecule has 118 valence electrons. The molecule has 0 unspecified atom stereocenters. The van der Waals surface area contributed by atoms with Crippen LogP contribution in [-0.4, -0.2) is 34.6 Å². The minimum absolute atomic E-state index is 0.172. The van der Waals surface area contributed by atoms with E-state index in [0.29, 0.717) is 6.04 Å². The Morgan fingerprint density at radius 2 is 2.32 bits per heavy atom. The zero-order valence-corrected chi connectivity index (χ0v) is 13.1. The van der Waals surface area contributed by atoms with Gasteiger partial charge in [0.05, 0.1) is 17.4 Å². The predicted octanol–water partition coefficient (Wildman–Crippen LogP) is 1.93. The Balaban J connectivity index is 1.44. The molecule has 0 radical (unpaired) electrons. The highest BCUT2D eigenvalue weighted by molar-refractivity contribution is 5.78. The number of aryl methyl sites for hydroxylation is 1. The lowest BCUT2D eigenvalue weighted by molar-refractivity contribution is -0.126. The molecule has 0 bridgehead atoms. The third-order valence-electron chi connectivity index (χ3n) is 4.40. The van der Waals surface area contributed by atoms with Gasteiger partial charge in [0.2, 0.25) is 5.91 Å². The first-order valence-corrected chi connectivity index (χ1v) is 8.15. The molecule has 1 aromatic carbocycles. The number of aromatic nitrogens is 2. The molecule has 22 heavy (non-hydrogen) atoms. The molecule has 2 atom stereocenters. The van der Waals surface area contributed by atoms with Crippen molar-refractivity contribution in [3.05, 3.63) is 30.6 Å². The summed E-state index contributed by atoms with van der Waals surface area (Å²) in [6.07, 6.45) is 4.69. The van der Waals surface area contributed by atoms with Crippen molar-refractivity contribution in [2.75, 3.05) is 13.1 Å². The fraction of sp³-hybridized carbons (Fsp3) is 0.529. The van der Waals surface area contributed by atoms with E-state index in [9.17, 15) is 4.79 Å². The summed E-state index contributed by atoms with van der Waals surface area (Å²) in [5.74, 6) is 0.383. The normalized spacial score (nSPS) is 21.9. The summed E-state index contributed by atoms with van der Waals surface area (Å²) in [5, 5.41) is 6.46. The Labute approximate surface area is 131 Å². The van der Waals surface area contributed by atoms with Crippen molar-refractivity contribution in [3.63, 3.8) is 0 Å². The lowest BCUT2D eigenvalue weighted by atomic mass is 9.92. The van der Waals surface area contributed by atoms with Crippen LogP contribution >= 0.6 is 0 Å². The molecule has 1 aliphatic rings. The first-order chi connectivity index (χ1) is 10.7. The molecule has 0 spiro atoms. The number of para-hydroxylation sites is 2. The molecular weight excluding hydrogens is 276 g/mol. The maximum absolute atomic E-state index is 12.2. The molecule has 2 aromatic rings. The molecule has 5 nitrogen and oxygen atoms in total. The van der Waals surface area contributed by atoms with Crippen LogP contribution in [0.15, 0.2) is 30.6 Å². The van der Waals surface area contributed by atoms with Gasteiger partial charge in [0.1, 0.15) is 0 Å². The summed E-state index contributed by atoms with van der Waals surface area (Å²) in [7, 11) is 0. The maximum Gasteiger partial charge on any atom is 0.223 e. The fourth-order valence-corrected chi connectivity index (χ4v) is 3.16. The van der Waals surface area contributed by atoms with E-state index in [0.717, 1.165) is 49.9 Å². The Morgan fingerprint density at radius 3 is 3.18 bits per heavy atom. The van der Waals surface area contributed by atoms with Gasteiger partial charge in [0.15, 0.2) is 0 Å². The Kier molecular flexibility index (Phi) is 4.73. The Hall–Kier alpha value is -1.88. The quantitative estimate of drug-likeness (QED) is 0.830. The van der Waals surface area contributed by atoms with Gasteiger partial charge in [-0.1, -0.05) is 12.1 Å². The summed E-state index contributed by atoms with van der Waals surface area (Å²) >= 11 is 0. The number of nitrogens with one attached hydrogen (secondary N) is 2. The second kappa shape index (κ2) is 6.92. The molecular formula is C17H24N4O. The minimum Gasteiger partial charge on any atom is -0.356 e. The molecule has 2 heterocycles. The first-order valence-electron chi connectivity index (χ1n) is 8.15. The summed E-state index contributed by atoms with van der Waals surface area (Å²) in [5.41, 5.74) is 2.18. The smallest absolute Gasteiger partial charge is 0.223 e. The lowest BCUT2D eigenvalue weighted by Crippen LogP contribution is -2.42. The van der Waals surface area contributed by atoms with Crippen LogP contribution in [0.5, 0.6) is 0 Å². The van der Waals surface area contributed by atoms with Gasteiger partial charge in [0.25, 0.3) is 0 Å². The van der Waals surface area contributed by atoms with Crippen LogP contribution in [0.1, 0.15) is 26.2 Å². The SMILES string of the molecule is C[C@H]1C[C@@H](C(=O)NCCCn2cnc3ccccc32)CCN1. The van der Waals surface area contributed by atoms with Crippen LogP contribution < -0.4 is 10.6 Å². The van der Waals surface area contributed by atoms with E-state index >= 15 is 0 Å². The number of carbonyl (C=O) groups is 1. The molecule has 0 saturated carbocycles. The zero-order chi connectivity index (χ0) is 15.4. The molecule has 1 fully saturated rings. The standard InChI is InChI=1S/C17H24N4O/c1-13-11-14(7-9-18-13)17(22)19-8-4-10-21-12-20-15-5-2-3-6-16(15)21/h2-3,5-6,12-14,18H,4,7-11H2,1H3,(H,19,22)/t13-,14-/m0/s1. The van der Waals surface area contributed by atoms with E-state index in [2.05, 4.69) is 33.2 Å². The zero-order valence-electron chi connectivity index (χ0n) is 13.1. The monoisotopic (exact) mass is 300 g/mol. The Bertz CT molecular complexity index is 636. The van der Waals surface area contributed by atoms with Crippen LogP contribution in [0.25, 0.3) is 11.0 Å². The third kappa shape index (κ3) is 3.47. The molecule has 1 amide bonds. The van der Waals surface area contributed by atoms with E-state index in [-0.39, 0.29) is 11.8 Å². The highest BCUT2D eigenvalue weighted by atomic mass is 16.1. The van der Waals surface area contributed by atoms with E-state index in [1.165, 1.54) is 0 Å². The Morgan fingerprint density at radius 1 is 1.45 bits per heavy atom. The molecule has 1 aliphatic heterocycles. The molecule has 2 N–H and O–H groups in total. The largest absolute Gasteiger partial charge is 0.356 e. The number of benzene rings is 1. The van der Waals surface area contributed by atoms with Gasteiger partial charge in [-0.3, -0.25) is 4.79 Å². The van der Waals surface area contributed by atoms with Crippen molar-refractivity contribution in [1.29, 1.82) is 0 Å². The van der Waals surface area contributed by atoms with Crippen molar-refractivity contribution in [1.82, 2.24) is 20.2 Å². The van der Waals surface area contributed by atoms with Gasteiger partial charge in [-0.2, -0.15) is 0 Å². The number of amides is 1. The van der Waals surface area contributed by atoms with E-state index in [1.54, 1.807) is 0 Å². The van der Waals surface area contributed by atoms with Crippen molar-refractivity contribution >= 4 is 16.9 Å². The van der Waals surface area contributed by atoms with Crippen molar-refractivity contribution in [2.45, 2.75) is 38.8 Å². The van der Waals surface area contributed by atoms with Gasteiger partial charge < -0.3 is 15.2 Å². The minimum atomic E-state index is 0.172. The number of hydrogen-bond acceptors (Lipinski definition) is 3. The van der Waals surface area contributed by atoms with Gasteiger partial charge >= 0.3 is 0 Å². The van der Waals surface area contributed by atoms with Crippen LogP contribution in [-0.2, 0) is 11.3 Å². The van der Waals surface area contributed by atoms with E-state index < -0.39 is 0 Å². The van der Waals surface area contributed by atoms with Gasteiger partial charge in [0, 0.05) is 25.0 Å². The van der Waals surface area contributed by atoms with Crippen molar-refractivity contribution in [3.8, 4) is 0 Å². The molecule has 1 aromatic heterocycles. The number of piperidine rings is 1. The van der Waals surface area contributed by atoms with Crippen molar-refractivity contribution in [2.24, 2.45) is 5.92 Å². The summed E-state index contributed by atoms with van der Waals surface area (Å²) in [4.78, 5) is 16.5. The summed E-state index contributed by atoms with van der Waals surface area (Å²) in [6, 6.07) is 8.57. The van der Waals surface area contributed by atoms with E-state index in [1.807, 2.05) is 24.5 Å². The fourth-order valence-electron chi connectivity index (χ4n) is 3.16. The van der Waals surface area contributed by atoms with Crippen LogP contribution in [0.3, 0.4) is 0 Å². The number of fused-ring (bicyclic) bond motifs is 1. The maximum atomic E-state index is 12.2. The molecule has 5 heteroatoms. The number of hydrogen-bond donors (Lipinski definition) is 2. The van der Waals surface area contributed by atoms with E-state index in [4.69, 9.17) is 0 Å². The molecule has 1 saturated heterocycles. The second-order valence-corrected chi connectivity index (χ2v) is 6.15.